The minimum absolute atomic E-state index is 0.354. The van der Waals surface area contributed by atoms with Crippen LogP contribution in [0.15, 0.2) is 24.5 Å². The summed E-state index contributed by atoms with van der Waals surface area (Å²) in [5.74, 6) is 0.971. The zero-order valence-corrected chi connectivity index (χ0v) is 8.57. The summed E-state index contributed by atoms with van der Waals surface area (Å²) in [5, 5.41) is 12.4. The van der Waals surface area contributed by atoms with Gasteiger partial charge in [-0.2, -0.15) is 10.2 Å². The zero-order valence-electron chi connectivity index (χ0n) is 7.06. The molecule has 4 nitrogen and oxygen atoms in total. The molecule has 0 aliphatic carbocycles. The van der Waals surface area contributed by atoms with Crippen LogP contribution in [0.25, 0.3) is 5.82 Å². The maximum atomic E-state index is 5.72. The fourth-order valence-electron chi connectivity index (χ4n) is 0.972. The van der Waals surface area contributed by atoms with E-state index < -0.39 is 0 Å². The van der Waals surface area contributed by atoms with Crippen LogP contribution in [0.1, 0.15) is 5.69 Å². The van der Waals surface area contributed by atoms with Crippen LogP contribution in [0.4, 0.5) is 0 Å². The van der Waals surface area contributed by atoms with Crippen molar-refractivity contribution >= 4 is 23.2 Å². The van der Waals surface area contributed by atoms with Gasteiger partial charge in [0, 0.05) is 0 Å². The van der Waals surface area contributed by atoms with Crippen molar-refractivity contribution in [3.05, 3.63) is 35.2 Å². The molecule has 0 saturated carbocycles. The minimum atomic E-state index is 0.354. The van der Waals surface area contributed by atoms with E-state index in [0.717, 1.165) is 5.69 Å². The molecule has 2 aromatic heterocycles. The Morgan fingerprint density at radius 2 is 2.14 bits per heavy atom. The molecule has 0 bridgehead atoms. The molecule has 0 radical (unpaired) electrons. The minimum Gasteiger partial charge on any atom is -0.219 e. The first-order valence-electron chi connectivity index (χ1n) is 3.89. The SMILES string of the molecule is ClCc1ccc(-n2cc(Cl)cn2)nn1. The van der Waals surface area contributed by atoms with E-state index in [1.54, 1.807) is 29.2 Å². The summed E-state index contributed by atoms with van der Waals surface area (Å²) in [5.41, 5.74) is 0.730. The summed E-state index contributed by atoms with van der Waals surface area (Å²) < 4.78 is 1.55. The third-order valence-corrected chi connectivity index (χ3v) is 2.10. The van der Waals surface area contributed by atoms with Gasteiger partial charge in [-0.3, -0.25) is 0 Å². The molecule has 72 valence electrons. The lowest BCUT2D eigenvalue weighted by Crippen LogP contribution is -2.00. The van der Waals surface area contributed by atoms with Gasteiger partial charge in [0.2, 0.25) is 0 Å². The average Bonchev–Trinajstić information content (AvgIpc) is 2.65. The van der Waals surface area contributed by atoms with Gasteiger partial charge in [0.15, 0.2) is 5.82 Å². The molecule has 0 amide bonds. The summed E-state index contributed by atoms with van der Waals surface area (Å²) >= 11 is 11.3. The molecular formula is C8H6Cl2N4. The standard InChI is InChI=1S/C8H6Cl2N4/c9-3-7-1-2-8(13-12-7)14-5-6(10)4-11-14/h1-2,4-5H,3H2. The van der Waals surface area contributed by atoms with Crippen molar-refractivity contribution in [3.8, 4) is 5.82 Å². The van der Waals surface area contributed by atoms with Gasteiger partial charge in [0.1, 0.15) is 0 Å². The van der Waals surface area contributed by atoms with Crippen molar-refractivity contribution in [1.29, 1.82) is 0 Å². The normalized spacial score (nSPS) is 10.4. The third-order valence-electron chi connectivity index (χ3n) is 1.63. The van der Waals surface area contributed by atoms with Gasteiger partial charge >= 0.3 is 0 Å². The number of alkyl halides is 1. The first-order chi connectivity index (χ1) is 6.79. The first-order valence-corrected chi connectivity index (χ1v) is 4.80. The zero-order chi connectivity index (χ0) is 9.97. The predicted octanol–water partition coefficient (Wildman–Crippen LogP) is 2.05. The monoisotopic (exact) mass is 228 g/mol. The lowest BCUT2D eigenvalue weighted by atomic mass is 10.4. The molecule has 2 aromatic rings. The molecule has 0 aliphatic heterocycles. The van der Waals surface area contributed by atoms with Gasteiger partial charge in [0.05, 0.1) is 29.0 Å². The Morgan fingerprint density at radius 1 is 1.29 bits per heavy atom. The predicted molar refractivity (Wildman–Crippen MR) is 53.7 cm³/mol. The molecule has 2 rings (SSSR count). The number of halogens is 2. The quantitative estimate of drug-likeness (QED) is 0.740. The molecule has 0 unspecified atom stereocenters. The largest absolute Gasteiger partial charge is 0.219 e. The lowest BCUT2D eigenvalue weighted by molar-refractivity contribution is 0.804. The molecule has 14 heavy (non-hydrogen) atoms. The summed E-state index contributed by atoms with van der Waals surface area (Å²) in [6.45, 7) is 0. The Bertz CT molecular complexity index is 423. The summed E-state index contributed by atoms with van der Waals surface area (Å²) in [6, 6.07) is 3.58. The molecule has 0 fully saturated rings. The van der Waals surface area contributed by atoms with Crippen molar-refractivity contribution in [2.75, 3.05) is 0 Å². The topological polar surface area (TPSA) is 43.6 Å². The third kappa shape index (κ3) is 1.86. The number of rotatable bonds is 2. The maximum absolute atomic E-state index is 5.72. The molecule has 0 saturated heterocycles. The van der Waals surface area contributed by atoms with E-state index in [-0.39, 0.29) is 0 Å². The van der Waals surface area contributed by atoms with E-state index in [1.165, 1.54) is 0 Å². The van der Waals surface area contributed by atoms with Crippen molar-refractivity contribution in [3.63, 3.8) is 0 Å². The second-order valence-electron chi connectivity index (χ2n) is 2.62. The number of hydrogen-bond acceptors (Lipinski definition) is 3. The fraction of sp³-hybridized carbons (Fsp3) is 0.125. The molecule has 0 aliphatic rings. The van der Waals surface area contributed by atoms with Gasteiger partial charge in [-0.1, -0.05) is 11.6 Å². The molecule has 0 spiro atoms. The van der Waals surface area contributed by atoms with Crippen LogP contribution in [0.3, 0.4) is 0 Å². The Kier molecular flexibility index (Phi) is 2.65. The average molecular weight is 229 g/mol. The van der Waals surface area contributed by atoms with Crippen LogP contribution in [-0.4, -0.2) is 20.0 Å². The Morgan fingerprint density at radius 3 is 2.64 bits per heavy atom. The van der Waals surface area contributed by atoms with Gasteiger partial charge in [-0.25, -0.2) is 4.68 Å². The highest BCUT2D eigenvalue weighted by Gasteiger charge is 2.01. The van der Waals surface area contributed by atoms with Crippen molar-refractivity contribution in [2.24, 2.45) is 0 Å². The van der Waals surface area contributed by atoms with Crippen LogP contribution in [0.5, 0.6) is 0 Å². The van der Waals surface area contributed by atoms with Crippen LogP contribution in [-0.2, 0) is 5.88 Å². The van der Waals surface area contributed by atoms with Gasteiger partial charge < -0.3 is 0 Å². The lowest BCUT2D eigenvalue weighted by Gasteiger charge is -1.98. The fourth-order valence-corrected chi connectivity index (χ4v) is 1.25. The van der Waals surface area contributed by atoms with Gasteiger partial charge in [-0.15, -0.1) is 16.7 Å². The van der Waals surface area contributed by atoms with Crippen molar-refractivity contribution < 1.29 is 0 Å². The summed E-state index contributed by atoms with van der Waals surface area (Å²) in [4.78, 5) is 0. The smallest absolute Gasteiger partial charge is 0.175 e. The highest BCUT2D eigenvalue weighted by molar-refractivity contribution is 6.30. The molecular weight excluding hydrogens is 223 g/mol. The number of nitrogens with zero attached hydrogens (tertiary/aromatic N) is 4. The Labute approximate surface area is 90.5 Å². The van der Waals surface area contributed by atoms with Crippen molar-refractivity contribution in [1.82, 2.24) is 20.0 Å². The van der Waals surface area contributed by atoms with Crippen LogP contribution in [0, 0.1) is 0 Å². The molecule has 0 N–H and O–H groups in total. The van der Waals surface area contributed by atoms with E-state index in [9.17, 15) is 0 Å². The molecule has 0 aromatic carbocycles. The number of hydrogen-bond donors (Lipinski definition) is 0. The van der Waals surface area contributed by atoms with Crippen LogP contribution in [0.2, 0.25) is 5.02 Å². The Balaban J connectivity index is 2.33. The maximum Gasteiger partial charge on any atom is 0.175 e. The second kappa shape index (κ2) is 3.94. The molecule has 6 heteroatoms. The van der Waals surface area contributed by atoms with Crippen LogP contribution >= 0.6 is 23.2 Å². The van der Waals surface area contributed by atoms with E-state index in [1.807, 2.05) is 0 Å². The molecule has 2 heterocycles. The van der Waals surface area contributed by atoms with Crippen molar-refractivity contribution in [2.45, 2.75) is 5.88 Å². The highest BCUT2D eigenvalue weighted by Crippen LogP contribution is 2.09. The van der Waals surface area contributed by atoms with E-state index >= 15 is 0 Å². The first kappa shape index (κ1) is 9.43. The highest BCUT2D eigenvalue weighted by atomic mass is 35.5. The molecule has 0 atom stereocenters. The van der Waals surface area contributed by atoms with E-state index in [2.05, 4.69) is 15.3 Å². The van der Waals surface area contributed by atoms with Crippen LogP contribution < -0.4 is 0 Å². The van der Waals surface area contributed by atoms with Gasteiger partial charge in [-0.05, 0) is 12.1 Å². The van der Waals surface area contributed by atoms with E-state index in [4.69, 9.17) is 23.2 Å². The number of aromatic nitrogens is 4. The summed E-state index contributed by atoms with van der Waals surface area (Å²) in [7, 11) is 0. The summed E-state index contributed by atoms with van der Waals surface area (Å²) in [6.07, 6.45) is 3.20. The second-order valence-corrected chi connectivity index (χ2v) is 3.32. The van der Waals surface area contributed by atoms with Gasteiger partial charge in [0.25, 0.3) is 0 Å². The Hall–Kier alpha value is -1.13. The van der Waals surface area contributed by atoms with E-state index in [0.29, 0.717) is 16.7 Å².